The SMILES string of the molecule is CC(C)CCNS(=O)(=O)c1ccc2c(c1)N(Cc1noc(C3CCC3)n1)C(=O)CO2. The normalized spacial score (nSPS) is 17.0. The number of hydrogen-bond acceptors (Lipinski definition) is 7. The maximum Gasteiger partial charge on any atom is 0.265 e. The molecule has 0 bridgehead atoms. The van der Waals surface area contributed by atoms with Crippen molar-refractivity contribution in [2.24, 2.45) is 5.92 Å². The van der Waals surface area contributed by atoms with Gasteiger partial charge in [-0.2, -0.15) is 4.98 Å². The highest BCUT2D eigenvalue weighted by Crippen LogP contribution is 2.37. The first kappa shape index (κ1) is 20.8. The molecule has 1 N–H and O–H groups in total. The summed E-state index contributed by atoms with van der Waals surface area (Å²) in [5.74, 6) is 1.83. The molecule has 30 heavy (non-hydrogen) atoms. The van der Waals surface area contributed by atoms with Gasteiger partial charge >= 0.3 is 0 Å². The molecule has 0 unspecified atom stereocenters. The Bertz CT molecular complexity index is 1030. The molecule has 162 valence electrons. The van der Waals surface area contributed by atoms with E-state index in [1.165, 1.54) is 17.0 Å². The lowest BCUT2D eigenvalue weighted by Gasteiger charge is -2.28. The first-order chi connectivity index (χ1) is 14.3. The Morgan fingerprint density at radius 3 is 2.80 bits per heavy atom. The lowest BCUT2D eigenvalue weighted by molar-refractivity contribution is -0.121. The van der Waals surface area contributed by atoms with Crippen LogP contribution in [-0.2, 0) is 21.4 Å². The average molecular weight is 435 g/mol. The van der Waals surface area contributed by atoms with Crippen LogP contribution in [0.3, 0.4) is 0 Å². The molecule has 1 amide bonds. The number of amides is 1. The van der Waals surface area contributed by atoms with Crippen LogP contribution >= 0.6 is 0 Å². The summed E-state index contributed by atoms with van der Waals surface area (Å²) in [5.41, 5.74) is 0.382. The van der Waals surface area contributed by atoms with E-state index in [1.807, 2.05) is 13.8 Å². The number of rotatable bonds is 8. The molecule has 1 aliphatic carbocycles. The number of sulfonamides is 1. The first-order valence-corrected chi connectivity index (χ1v) is 11.7. The van der Waals surface area contributed by atoms with Crippen LogP contribution in [0, 0.1) is 5.92 Å². The van der Waals surface area contributed by atoms with Gasteiger partial charge in [-0.3, -0.25) is 9.69 Å². The first-order valence-electron chi connectivity index (χ1n) is 10.2. The van der Waals surface area contributed by atoms with E-state index in [9.17, 15) is 13.2 Å². The second-order valence-electron chi connectivity index (χ2n) is 8.16. The third kappa shape index (κ3) is 4.34. The van der Waals surface area contributed by atoms with E-state index in [4.69, 9.17) is 9.26 Å². The van der Waals surface area contributed by atoms with Crippen LogP contribution in [0.4, 0.5) is 5.69 Å². The molecule has 1 saturated carbocycles. The Morgan fingerprint density at radius 1 is 1.30 bits per heavy atom. The molecule has 1 fully saturated rings. The molecule has 1 aliphatic heterocycles. The van der Waals surface area contributed by atoms with Crippen LogP contribution in [-0.4, -0.2) is 37.6 Å². The number of nitrogens with zero attached hydrogens (tertiary/aromatic N) is 3. The van der Waals surface area contributed by atoms with Gasteiger partial charge in [0.25, 0.3) is 5.91 Å². The molecule has 2 heterocycles. The number of anilines is 1. The maximum absolute atomic E-state index is 12.7. The van der Waals surface area contributed by atoms with Crippen LogP contribution in [0.15, 0.2) is 27.6 Å². The highest BCUT2D eigenvalue weighted by molar-refractivity contribution is 7.89. The van der Waals surface area contributed by atoms with Crippen LogP contribution in [0.25, 0.3) is 0 Å². The molecule has 9 nitrogen and oxygen atoms in total. The summed E-state index contributed by atoms with van der Waals surface area (Å²) >= 11 is 0. The fourth-order valence-electron chi connectivity index (χ4n) is 3.38. The van der Waals surface area contributed by atoms with Crippen molar-refractivity contribution in [1.29, 1.82) is 0 Å². The van der Waals surface area contributed by atoms with Crippen molar-refractivity contribution in [3.8, 4) is 5.75 Å². The molecule has 0 atom stereocenters. The van der Waals surface area contributed by atoms with Gasteiger partial charge in [-0.05, 0) is 43.4 Å². The zero-order valence-electron chi connectivity index (χ0n) is 17.1. The van der Waals surface area contributed by atoms with Crippen molar-refractivity contribution in [3.63, 3.8) is 0 Å². The summed E-state index contributed by atoms with van der Waals surface area (Å²) in [6.45, 7) is 4.38. The molecule has 2 aliphatic rings. The smallest absolute Gasteiger partial charge is 0.265 e. The Morgan fingerprint density at radius 2 is 2.10 bits per heavy atom. The fraction of sp³-hybridized carbons (Fsp3) is 0.550. The number of benzene rings is 1. The summed E-state index contributed by atoms with van der Waals surface area (Å²) in [7, 11) is -3.70. The van der Waals surface area contributed by atoms with E-state index < -0.39 is 10.0 Å². The zero-order chi connectivity index (χ0) is 21.3. The van der Waals surface area contributed by atoms with Crippen molar-refractivity contribution in [3.05, 3.63) is 29.9 Å². The molecular formula is C20H26N4O5S. The molecular weight excluding hydrogens is 408 g/mol. The van der Waals surface area contributed by atoms with Crippen LogP contribution in [0.2, 0.25) is 0 Å². The van der Waals surface area contributed by atoms with E-state index >= 15 is 0 Å². The highest BCUT2D eigenvalue weighted by atomic mass is 32.2. The molecule has 0 saturated heterocycles. The van der Waals surface area contributed by atoms with E-state index in [0.29, 0.717) is 41.5 Å². The van der Waals surface area contributed by atoms with Crippen LogP contribution in [0.1, 0.15) is 57.2 Å². The number of carbonyl (C=O) groups excluding carboxylic acids is 1. The van der Waals surface area contributed by atoms with E-state index in [-0.39, 0.29) is 24.0 Å². The van der Waals surface area contributed by atoms with Gasteiger partial charge in [-0.1, -0.05) is 25.4 Å². The number of ether oxygens (including phenoxy) is 1. The van der Waals surface area contributed by atoms with Crippen LogP contribution < -0.4 is 14.4 Å². The van der Waals surface area contributed by atoms with Gasteiger partial charge in [-0.15, -0.1) is 0 Å². The van der Waals surface area contributed by atoms with Crippen molar-refractivity contribution >= 4 is 21.6 Å². The third-order valence-electron chi connectivity index (χ3n) is 5.44. The Kier molecular flexibility index (Phi) is 5.79. The minimum absolute atomic E-state index is 0.0802. The molecule has 2 aromatic rings. The summed E-state index contributed by atoms with van der Waals surface area (Å²) in [6.07, 6.45) is 3.96. The second kappa shape index (κ2) is 8.35. The Labute approximate surface area is 175 Å². The minimum atomic E-state index is -3.70. The average Bonchev–Trinajstić information content (AvgIpc) is 3.09. The minimum Gasteiger partial charge on any atom is -0.482 e. The molecule has 0 spiro atoms. The molecule has 10 heteroatoms. The second-order valence-corrected chi connectivity index (χ2v) is 9.92. The number of aromatic nitrogens is 2. The van der Waals surface area contributed by atoms with Gasteiger partial charge < -0.3 is 9.26 Å². The Hall–Kier alpha value is -2.46. The van der Waals surface area contributed by atoms with Gasteiger partial charge in [0, 0.05) is 12.5 Å². The molecule has 4 rings (SSSR count). The quantitative estimate of drug-likeness (QED) is 0.679. The van der Waals surface area contributed by atoms with Gasteiger partial charge in [0.1, 0.15) is 5.75 Å². The number of fused-ring (bicyclic) bond motifs is 1. The van der Waals surface area contributed by atoms with E-state index in [2.05, 4.69) is 14.9 Å². The fourth-order valence-corrected chi connectivity index (χ4v) is 4.45. The van der Waals surface area contributed by atoms with Gasteiger partial charge in [0.05, 0.1) is 17.1 Å². The van der Waals surface area contributed by atoms with Crippen LogP contribution in [0.5, 0.6) is 5.75 Å². The largest absolute Gasteiger partial charge is 0.482 e. The number of nitrogens with one attached hydrogen (secondary N) is 1. The predicted molar refractivity (Wildman–Crippen MR) is 109 cm³/mol. The third-order valence-corrected chi connectivity index (χ3v) is 6.89. The topological polar surface area (TPSA) is 115 Å². The summed E-state index contributed by atoms with van der Waals surface area (Å²) < 4.78 is 38.8. The standard InChI is InChI=1S/C20H26N4O5S/c1-13(2)8-9-21-30(26,27)15-6-7-17-16(10-15)24(19(25)12-28-17)11-18-22-20(29-23-18)14-4-3-5-14/h6-7,10,13-14,21H,3-5,8-9,11-12H2,1-2H3. The van der Waals surface area contributed by atoms with E-state index in [0.717, 1.165) is 25.7 Å². The summed E-state index contributed by atoms with van der Waals surface area (Å²) in [5, 5.41) is 4.00. The Balaban J connectivity index is 1.56. The highest BCUT2D eigenvalue weighted by Gasteiger charge is 2.30. The summed E-state index contributed by atoms with van der Waals surface area (Å²) in [6, 6.07) is 4.51. The predicted octanol–water partition coefficient (Wildman–Crippen LogP) is 2.59. The lowest BCUT2D eigenvalue weighted by Crippen LogP contribution is -2.38. The van der Waals surface area contributed by atoms with Gasteiger partial charge in [-0.25, -0.2) is 13.1 Å². The monoisotopic (exact) mass is 434 g/mol. The van der Waals surface area contributed by atoms with Crippen molar-refractivity contribution in [2.75, 3.05) is 18.1 Å². The maximum atomic E-state index is 12.7. The molecule has 1 aromatic heterocycles. The molecule has 1 aromatic carbocycles. The molecule has 0 radical (unpaired) electrons. The van der Waals surface area contributed by atoms with E-state index in [1.54, 1.807) is 6.07 Å². The number of carbonyl (C=O) groups is 1. The van der Waals surface area contributed by atoms with Crippen molar-refractivity contribution in [2.45, 2.75) is 56.9 Å². The summed E-state index contributed by atoms with van der Waals surface area (Å²) in [4.78, 5) is 18.5. The zero-order valence-corrected chi connectivity index (χ0v) is 17.9. The van der Waals surface area contributed by atoms with Gasteiger partial charge in [0.2, 0.25) is 15.9 Å². The van der Waals surface area contributed by atoms with Crippen molar-refractivity contribution in [1.82, 2.24) is 14.9 Å². The lowest BCUT2D eigenvalue weighted by atomic mass is 9.85. The number of hydrogen-bond donors (Lipinski definition) is 1. The van der Waals surface area contributed by atoms with Gasteiger partial charge in [0.15, 0.2) is 12.4 Å². The van der Waals surface area contributed by atoms with Crippen molar-refractivity contribution < 1.29 is 22.5 Å².